The standard InChI is InChI=1S/C19H15NO5/c1-12(21)24-15-8-6-13(7-9-15)10-17-19(22)25-18(20-17)14-4-3-5-16(11-14)23-2/h3-11H,1-2H3/b17-10-. The maximum absolute atomic E-state index is 12.0. The Labute approximate surface area is 144 Å². The summed E-state index contributed by atoms with van der Waals surface area (Å²) in [5.41, 5.74) is 1.58. The van der Waals surface area contributed by atoms with Crippen molar-refractivity contribution < 1.29 is 23.8 Å². The molecule has 0 unspecified atom stereocenters. The number of hydrogen-bond donors (Lipinski definition) is 0. The smallest absolute Gasteiger partial charge is 0.363 e. The molecule has 1 aliphatic rings. The van der Waals surface area contributed by atoms with Crippen molar-refractivity contribution in [2.24, 2.45) is 4.99 Å². The summed E-state index contributed by atoms with van der Waals surface area (Å²) in [4.78, 5) is 27.2. The molecule has 0 saturated heterocycles. The maximum atomic E-state index is 12.0. The molecule has 0 atom stereocenters. The van der Waals surface area contributed by atoms with Gasteiger partial charge in [-0.2, -0.15) is 0 Å². The van der Waals surface area contributed by atoms with Gasteiger partial charge in [0.15, 0.2) is 5.70 Å². The molecule has 0 aliphatic carbocycles. The summed E-state index contributed by atoms with van der Waals surface area (Å²) in [6.45, 7) is 1.33. The van der Waals surface area contributed by atoms with Gasteiger partial charge in [0.25, 0.3) is 0 Å². The monoisotopic (exact) mass is 337 g/mol. The summed E-state index contributed by atoms with van der Waals surface area (Å²) in [6.07, 6.45) is 1.60. The Kier molecular flexibility index (Phi) is 4.61. The highest BCUT2D eigenvalue weighted by Gasteiger charge is 2.24. The number of nitrogens with zero attached hydrogens (tertiary/aromatic N) is 1. The summed E-state index contributed by atoms with van der Waals surface area (Å²) in [7, 11) is 1.56. The highest BCUT2D eigenvalue weighted by atomic mass is 16.6. The molecule has 126 valence electrons. The van der Waals surface area contributed by atoms with Crippen LogP contribution in [-0.4, -0.2) is 24.9 Å². The molecule has 0 fully saturated rings. The van der Waals surface area contributed by atoms with E-state index in [0.29, 0.717) is 17.1 Å². The molecule has 6 heteroatoms. The Morgan fingerprint density at radius 2 is 1.88 bits per heavy atom. The van der Waals surface area contributed by atoms with Crippen molar-refractivity contribution in [3.63, 3.8) is 0 Å². The highest BCUT2D eigenvalue weighted by Crippen LogP contribution is 2.22. The summed E-state index contributed by atoms with van der Waals surface area (Å²) in [5.74, 6) is 0.394. The van der Waals surface area contributed by atoms with Gasteiger partial charge < -0.3 is 14.2 Å². The highest BCUT2D eigenvalue weighted by molar-refractivity contribution is 6.12. The fraction of sp³-hybridized carbons (Fsp3) is 0.105. The molecule has 0 radical (unpaired) electrons. The third-order valence-corrected chi connectivity index (χ3v) is 3.38. The third kappa shape index (κ3) is 3.92. The van der Waals surface area contributed by atoms with Gasteiger partial charge in [-0.1, -0.05) is 18.2 Å². The number of ether oxygens (including phenoxy) is 3. The van der Waals surface area contributed by atoms with Crippen LogP contribution >= 0.6 is 0 Å². The lowest BCUT2D eigenvalue weighted by Gasteiger charge is -2.02. The van der Waals surface area contributed by atoms with Crippen LogP contribution in [0.4, 0.5) is 0 Å². The first-order chi connectivity index (χ1) is 12.0. The number of benzene rings is 2. The van der Waals surface area contributed by atoms with Gasteiger partial charge in [-0.15, -0.1) is 0 Å². The minimum atomic E-state index is -0.526. The quantitative estimate of drug-likeness (QED) is 0.487. The molecular weight excluding hydrogens is 322 g/mol. The van der Waals surface area contributed by atoms with Crippen LogP contribution < -0.4 is 9.47 Å². The molecule has 25 heavy (non-hydrogen) atoms. The second-order valence-corrected chi connectivity index (χ2v) is 5.23. The summed E-state index contributed by atoms with van der Waals surface area (Å²) in [5, 5.41) is 0. The Bertz CT molecular complexity index is 881. The summed E-state index contributed by atoms with van der Waals surface area (Å²) in [6, 6.07) is 13.8. The van der Waals surface area contributed by atoms with Crippen LogP contribution in [0, 0.1) is 0 Å². The number of aliphatic imine (C=N–C) groups is 1. The van der Waals surface area contributed by atoms with Gasteiger partial charge in [0, 0.05) is 12.5 Å². The van der Waals surface area contributed by atoms with E-state index in [1.165, 1.54) is 6.92 Å². The Morgan fingerprint density at radius 1 is 1.12 bits per heavy atom. The minimum absolute atomic E-state index is 0.193. The maximum Gasteiger partial charge on any atom is 0.363 e. The molecule has 1 heterocycles. The van der Waals surface area contributed by atoms with Crippen molar-refractivity contribution in [2.45, 2.75) is 6.92 Å². The number of cyclic esters (lactones) is 1. The molecule has 2 aromatic carbocycles. The number of esters is 2. The van der Waals surface area contributed by atoms with Gasteiger partial charge in [0.05, 0.1) is 7.11 Å². The van der Waals surface area contributed by atoms with Gasteiger partial charge in [0.1, 0.15) is 11.5 Å². The van der Waals surface area contributed by atoms with Crippen molar-refractivity contribution in [2.75, 3.05) is 7.11 Å². The van der Waals surface area contributed by atoms with Crippen LogP contribution in [0.3, 0.4) is 0 Å². The molecule has 0 N–H and O–H groups in total. The number of hydrogen-bond acceptors (Lipinski definition) is 6. The predicted molar refractivity (Wildman–Crippen MR) is 91.4 cm³/mol. The molecule has 0 spiro atoms. The van der Waals surface area contributed by atoms with Crippen LogP contribution in [0.15, 0.2) is 59.2 Å². The zero-order valence-electron chi connectivity index (χ0n) is 13.7. The summed E-state index contributed by atoms with van der Waals surface area (Å²) >= 11 is 0. The Hall–Kier alpha value is -3.41. The average Bonchev–Trinajstić information content (AvgIpc) is 2.97. The van der Waals surface area contributed by atoms with Gasteiger partial charge in [-0.25, -0.2) is 9.79 Å². The van der Waals surface area contributed by atoms with Crippen LogP contribution in [0.2, 0.25) is 0 Å². The van der Waals surface area contributed by atoms with E-state index in [4.69, 9.17) is 14.2 Å². The van der Waals surface area contributed by atoms with E-state index >= 15 is 0 Å². The third-order valence-electron chi connectivity index (χ3n) is 3.38. The summed E-state index contributed by atoms with van der Waals surface area (Å²) < 4.78 is 15.3. The number of rotatable bonds is 4. The average molecular weight is 337 g/mol. The first-order valence-electron chi connectivity index (χ1n) is 7.50. The predicted octanol–water partition coefficient (Wildman–Crippen LogP) is 2.97. The fourth-order valence-corrected chi connectivity index (χ4v) is 2.24. The SMILES string of the molecule is COc1cccc(C2=N/C(=C\c3ccc(OC(C)=O)cc3)C(=O)O2)c1. The van der Waals surface area contributed by atoms with Crippen LogP contribution in [0.25, 0.3) is 6.08 Å². The number of carbonyl (C=O) groups excluding carboxylic acids is 2. The zero-order valence-corrected chi connectivity index (χ0v) is 13.7. The number of carbonyl (C=O) groups is 2. The molecule has 3 rings (SSSR count). The normalized spacial score (nSPS) is 14.9. The molecule has 0 amide bonds. The molecule has 1 aliphatic heterocycles. The fourth-order valence-electron chi connectivity index (χ4n) is 2.24. The lowest BCUT2D eigenvalue weighted by molar-refractivity contribution is -0.132. The zero-order chi connectivity index (χ0) is 17.8. The molecule has 0 saturated carbocycles. The minimum Gasteiger partial charge on any atom is -0.497 e. The molecule has 0 aromatic heterocycles. The molecule has 2 aromatic rings. The molecule has 0 bridgehead atoms. The van der Waals surface area contributed by atoms with Gasteiger partial charge in [0.2, 0.25) is 5.90 Å². The van der Waals surface area contributed by atoms with Crippen molar-refractivity contribution in [3.05, 3.63) is 65.4 Å². The van der Waals surface area contributed by atoms with Crippen molar-refractivity contribution in [3.8, 4) is 11.5 Å². The topological polar surface area (TPSA) is 74.2 Å². The van der Waals surface area contributed by atoms with E-state index in [2.05, 4.69) is 4.99 Å². The Balaban J connectivity index is 1.84. The van der Waals surface area contributed by atoms with E-state index < -0.39 is 11.9 Å². The molecular formula is C19H15NO5. The van der Waals surface area contributed by atoms with E-state index in [1.54, 1.807) is 61.7 Å². The second kappa shape index (κ2) is 7.00. The van der Waals surface area contributed by atoms with Crippen LogP contribution in [-0.2, 0) is 14.3 Å². The Morgan fingerprint density at radius 3 is 2.56 bits per heavy atom. The van der Waals surface area contributed by atoms with Crippen molar-refractivity contribution in [1.82, 2.24) is 0 Å². The van der Waals surface area contributed by atoms with Gasteiger partial charge in [-0.05, 0) is 42.0 Å². The van der Waals surface area contributed by atoms with E-state index in [9.17, 15) is 9.59 Å². The van der Waals surface area contributed by atoms with Crippen molar-refractivity contribution >= 4 is 23.9 Å². The van der Waals surface area contributed by atoms with E-state index in [0.717, 1.165) is 5.56 Å². The van der Waals surface area contributed by atoms with E-state index in [-0.39, 0.29) is 11.6 Å². The van der Waals surface area contributed by atoms with Gasteiger partial charge in [-0.3, -0.25) is 4.79 Å². The van der Waals surface area contributed by atoms with Crippen LogP contribution in [0.5, 0.6) is 11.5 Å². The lowest BCUT2D eigenvalue weighted by atomic mass is 10.2. The lowest BCUT2D eigenvalue weighted by Crippen LogP contribution is -2.05. The van der Waals surface area contributed by atoms with Crippen molar-refractivity contribution in [1.29, 1.82) is 0 Å². The first kappa shape index (κ1) is 16.4. The van der Waals surface area contributed by atoms with Gasteiger partial charge >= 0.3 is 11.9 Å². The largest absolute Gasteiger partial charge is 0.497 e. The van der Waals surface area contributed by atoms with Crippen LogP contribution in [0.1, 0.15) is 18.1 Å². The van der Waals surface area contributed by atoms with E-state index in [1.807, 2.05) is 0 Å². The first-order valence-corrected chi connectivity index (χ1v) is 7.50. The second-order valence-electron chi connectivity index (χ2n) is 5.23. The number of methoxy groups -OCH3 is 1. The molecule has 6 nitrogen and oxygen atoms in total.